The van der Waals surface area contributed by atoms with Gasteiger partial charge < -0.3 is 34.5 Å². The number of carboxylic acid groups (broad SMARTS) is 1. The number of carboxylic acids is 1. The molecule has 1 aromatic heterocycles. The molecule has 2 rings (SSSR count). The number of aryl methyl sites for hydroxylation is 1. The molecule has 1 aliphatic rings. The first-order valence-electron chi connectivity index (χ1n) is 6.49. The Hall–Kier alpha value is -1.94. The first kappa shape index (κ1) is 16.4. The number of aliphatic hydroxyl groups is 3. The Bertz CT molecular complexity index is 627. The van der Waals surface area contributed by atoms with Crippen LogP contribution in [0.25, 0.3) is 0 Å². The van der Waals surface area contributed by atoms with E-state index in [4.69, 9.17) is 14.6 Å². The van der Waals surface area contributed by atoms with E-state index in [1.807, 2.05) is 0 Å². The molecule has 9 nitrogen and oxygen atoms in total. The van der Waals surface area contributed by atoms with Gasteiger partial charge in [-0.25, -0.2) is 4.79 Å². The molecule has 5 atom stereocenters. The van der Waals surface area contributed by atoms with Crippen molar-refractivity contribution in [1.29, 1.82) is 0 Å². The summed E-state index contributed by atoms with van der Waals surface area (Å²) in [5, 5.41) is 38.1. The van der Waals surface area contributed by atoms with Gasteiger partial charge in [-0.05, 0) is 6.92 Å². The third-order valence-corrected chi connectivity index (χ3v) is 3.58. The number of aliphatic hydroxyl groups excluding tert-OH is 3. The molecule has 122 valence electrons. The normalized spacial score (nSPS) is 31.8. The monoisotopic (exact) mass is 315 g/mol. The summed E-state index contributed by atoms with van der Waals surface area (Å²) in [4.78, 5) is 22.8. The van der Waals surface area contributed by atoms with Crippen LogP contribution in [0.5, 0.6) is 5.75 Å². The molecule has 1 saturated heterocycles. The molecule has 2 heterocycles. The Morgan fingerprint density at radius 1 is 1.27 bits per heavy atom. The molecule has 0 aliphatic carbocycles. The maximum atomic E-state index is 11.8. The van der Waals surface area contributed by atoms with Crippen molar-refractivity contribution in [3.63, 3.8) is 0 Å². The lowest BCUT2D eigenvalue weighted by Gasteiger charge is -2.38. The molecular formula is C13H17NO8. The van der Waals surface area contributed by atoms with E-state index in [2.05, 4.69) is 0 Å². The lowest BCUT2D eigenvalue weighted by Crippen LogP contribution is -2.61. The third kappa shape index (κ3) is 2.83. The van der Waals surface area contributed by atoms with Crippen LogP contribution in [-0.4, -0.2) is 61.7 Å². The fourth-order valence-corrected chi connectivity index (χ4v) is 2.11. The zero-order valence-corrected chi connectivity index (χ0v) is 11.9. The van der Waals surface area contributed by atoms with E-state index in [1.165, 1.54) is 12.3 Å². The molecule has 0 radical (unpaired) electrons. The zero-order valence-electron chi connectivity index (χ0n) is 11.9. The van der Waals surface area contributed by atoms with Gasteiger partial charge in [0.05, 0.1) is 5.69 Å². The Labute approximate surface area is 125 Å². The number of aromatic nitrogens is 1. The highest BCUT2D eigenvalue weighted by Crippen LogP contribution is 2.24. The Morgan fingerprint density at radius 2 is 1.91 bits per heavy atom. The summed E-state index contributed by atoms with van der Waals surface area (Å²) in [6.45, 7) is 1.59. The molecule has 0 bridgehead atoms. The number of carbonyl (C=O) groups is 1. The minimum atomic E-state index is -1.81. The molecule has 0 amide bonds. The molecule has 0 aromatic carbocycles. The van der Waals surface area contributed by atoms with Gasteiger partial charge in [0, 0.05) is 19.3 Å². The number of hydrogen-bond donors (Lipinski definition) is 4. The van der Waals surface area contributed by atoms with Gasteiger partial charge in [-0.15, -0.1) is 0 Å². The van der Waals surface area contributed by atoms with Gasteiger partial charge >= 0.3 is 5.97 Å². The van der Waals surface area contributed by atoms with Crippen molar-refractivity contribution in [3.8, 4) is 5.75 Å². The molecule has 22 heavy (non-hydrogen) atoms. The van der Waals surface area contributed by atoms with E-state index in [0.717, 1.165) is 0 Å². The molecule has 0 saturated carbocycles. The molecule has 0 unspecified atom stereocenters. The summed E-state index contributed by atoms with van der Waals surface area (Å²) in [5.41, 5.74) is -0.0605. The highest BCUT2D eigenvalue weighted by molar-refractivity contribution is 5.73. The second kappa shape index (κ2) is 6.05. The second-order valence-corrected chi connectivity index (χ2v) is 5.06. The van der Waals surface area contributed by atoms with Crippen LogP contribution in [0.15, 0.2) is 17.1 Å². The van der Waals surface area contributed by atoms with Gasteiger partial charge in [0.15, 0.2) is 11.9 Å². The SMILES string of the molecule is Cc1c(O[C@@H]2O[C@H](C(=O)O)[C@@H](O)[C@H](O)[C@H]2O)c(=O)ccn1C. The van der Waals surface area contributed by atoms with Crippen LogP contribution < -0.4 is 10.2 Å². The molecule has 4 N–H and O–H groups in total. The first-order chi connectivity index (χ1) is 10.2. The highest BCUT2D eigenvalue weighted by atomic mass is 16.7. The Balaban J connectivity index is 2.31. The number of pyridine rings is 1. The summed E-state index contributed by atoms with van der Waals surface area (Å²) in [7, 11) is 1.67. The highest BCUT2D eigenvalue weighted by Gasteiger charge is 2.48. The molecule has 9 heteroatoms. The van der Waals surface area contributed by atoms with Crippen molar-refractivity contribution in [3.05, 3.63) is 28.2 Å². The van der Waals surface area contributed by atoms with E-state index in [1.54, 1.807) is 18.5 Å². The minimum absolute atomic E-state index is 0.137. The van der Waals surface area contributed by atoms with E-state index >= 15 is 0 Å². The number of rotatable bonds is 3. The lowest BCUT2D eigenvalue weighted by atomic mass is 9.99. The summed E-state index contributed by atoms with van der Waals surface area (Å²) in [5.74, 6) is -1.66. The first-order valence-corrected chi connectivity index (χ1v) is 6.49. The number of ether oxygens (including phenoxy) is 2. The number of aliphatic carboxylic acids is 1. The predicted molar refractivity (Wildman–Crippen MR) is 71.4 cm³/mol. The lowest BCUT2D eigenvalue weighted by molar-refractivity contribution is -0.271. The Kier molecular flexibility index (Phi) is 4.52. The van der Waals surface area contributed by atoms with Crippen LogP contribution >= 0.6 is 0 Å². The van der Waals surface area contributed by atoms with Crippen LogP contribution in [-0.2, 0) is 16.6 Å². The van der Waals surface area contributed by atoms with Gasteiger partial charge in [0.2, 0.25) is 11.7 Å². The quantitative estimate of drug-likeness (QED) is 0.501. The third-order valence-electron chi connectivity index (χ3n) is 3.58. The molecule has 0 spiro atoms. The van der Waals surface area contributed by atoms with Crippen LogP contribution in [0.2, 0.25) is 0 Å². The number of nitrogens with zero attached hydrogens (tertiary/aromatic N) is 1. The fourth-order valence-electron chi connectivity index (χ4n) is 2.11. The maximum absolute atomic E-state index is 11.8. The largest absolute Gasteiger partial charge is 0.479 e. The summed E-state index contributed by atoms with van der Waals surface area (Å²) >= 11 is 0. The molecular weight excluding hydrogens is 298 g/mol. The van der Waals surface area contributed by atoms with E-state index in [-0.39, 0.29) is 5.75 Å². The van der Waals surface area contributed by atoms with Crippen molar-refractivity contribution in [2.75, 3.05) is 0 Å². The summed E-state index contributed by atoms with van der Waals surface area (Å²) in [6, 6.07) is 1.23. The van der Waals surface area contributed by atoms with Crippen LogP contribution in [0.1, 0.15) is 5.69 Å². The van der Waals surface area contributed by atoms with E-state index < -0.39 is 42.1 Å². The van der Waals surface area contributed by atoms with Gasteiger partial charge in [-0.1, -0.05) is 0 Å². The van der Waals surface area contributed by atoms with E-state index in [9.17, 15) is 24.9 Å². The van der Waals surface area contributed by atoms with Crippen molar-refractivity contribution in [1.82, 2.24) is 4.57 Å². The van der Waals surface area contributed by atoms with Crippen LogP contribution in [0, 0.1) is 6.92 Å². The van der Waals surface area contributed by atoms with Crippen LogP contribution in [0.3, 0.4) is 0 Å². The maximum Gasteiger partial charge on any atom is 0.335 e. The van der Waals surface area contributed by atoms with Gasteiger partial charge in [-0.3, -0.25) is 4.79 Å². The predicted octanol–water partition coefficient (Wildman–Crippen LogP) is -2.04. The van der Waals surface area contributed by atoms with E-state index in [0.29, 0.717) is 5.69 Å². The minimum Gasteiger partial charge on any atom is -0.479 e. The van der Waals surface area contributed by atoms with Crippen molar-refractivity contribution in [2.24, 2.45) is 7.05 Å². The molecule has 1 aromatic rings. The standard InChI is InChI=1S/C13H17NO8/c1-5-10(6(15)3-4-14(5)2)21-13-9(18)7(16)8(17)11(22-13)12(19)20/h3-4,7-9,11,13,16-18H,1-2H3,(H,19,20)/t7-,8-,9+,11-,13+/m0/s1. The summed E-state index contributed by atoms with van der Waals surface area (Å²) < 4.78 is 11.8. The van der Waals surface area contributed by atoms with Crippen molar-refractivity contribution < 1.29 is 34.7 Å². The average molecular weight is 315 g/mol. The van der Waals surface area contributed by atoms with Crippen molar-refractivity contribution >= 4 is 5.97 Å². The Morgan fingerprint density at radius 3 is 2.50 bits per heavy atom. The van der Waals surface area contributed by atoms with Crippen LogP contribution in [0.4, 0.5) is 0 Å². The van der Waals surface area contributed by atoms with Gasteiger partial charge in [-0.2, -0.15) is 0 Å². The summed E-state index contributed by atoms with van der Waals surface area (Å²) in [6.07, 6.45) is -7.18. The topological polar surface area (TPSA) is 138 Å². The van der Waals surface area contributed by atoms with Gasteiger partial charge in [0.25, 0.3) is 0 Å². The van der Waals surface area contributed by atoms with Gasteiger partial charge in [0.1, 0.15) is 18.3 Å². The zero-order chi connectivity index (χ0) is 16.6. The smallest absolute Gasteiger partial charge is 0.335 e. The fraction of sp³-hybridized carbons (Fsp3) is 0.538. The molecule has 1 aliphatic heterocycles. The molecule has 1 fully saturated rings. The second-order valence-electron chi connectivity index (χ2n) is 5.06. The average Bonchev–Trinajstić information content (AvgIpc) is 2.47. The number of hydrogen-bond acceptors (Lipinski definition) is 7. The van der Waals surface area contributed by atoms with Crippen molar-refractivity contribution in [2.45, 2.75) is 37.6 Å².